The van der Waals surface area contributed by atoms with E-state index in [1.165, 1.54) is 30.3 Å². The monoisotopic (exact) mass is 550 g/mol. The summed E-state index contributed by atoms with van der Waals surface area (Å²) < 4.78 is 82.3. The Morgan fingerprint density at radius 2 is 1.41 bits per heavy atom. The number of benzene rings is 2. The number of nitrogens with one attached hydrogen (secondary N) is 1. The zero-order valence-electron chi connectivity index (χ0n) is 21.3. The summed E-state index contributed by atoms with van der Waals surface area (Å²) in [4.78, 5) is 12.8. The van der Waals surface area contributed by atoms with Crippen LogP contribution < -0.4 is 5.32 Å². The van der Waals surface area contributed by atoms with Crippen molar-refractivity contribution in [3.8, 4) is 11.4 Å². The fraction of sp³-hybridized carbons (Fsp3) is 0.464. The van der Waals surface area contributed by atoms with Gasteiger partial charge in [0.2, 0.25) is 5.91 Å². The van der Waals surface area contributed by atoms with E-state index in [1.807, 2.05) is 0 Å². The van der Waals surface area contributed by atoms with E-state index in [2.05, 4.69) is 15.5 Å². The highest BCUT2D eigenvalue weighted by Gasteiger charge is 2.52. The van der Waals surface area contributed by atoms with Crippen molar-refractivity contribution in [1.82, 2.24) is 20.1 Å². The lowest BCUT2D eigenvalue weighted by atomic mass is 9.52. The van der Waals surface area contributed by atoms with Crippen molar-refractivity contribution < 1.29 is 31.1 Å². The second-order valence-electron chi connectivity index (χ2n) is 10.8. The molecule has 3 aliphatic carbocycles. The number of hydrogen-bond donors (Lipinski definition) is 1. The highest BCUT2D eigenvalue weighted by Crippen LogP contribution is 2.59. The Hall–Kier alpha value is -3.37. The average molecular weight is 551 g/mol. The molecule has 1 aromatic heterocycles. The third-order valence-electron chi connectivity index (χ3n) is 8.56. The van der Waals surface area contributed by atoms with Crippen LogP contribution in [0.1, 0.15) is 67.5 Å². The minimum atomic E-state index is -4.52. The van der Waals surface area contributed by atoms with Crippen LogP contribution in [0.5, 0.6) is 0 Å². The predicted molar refractivity (Wildman–Crippen MR) is 131 cm³/mol. The van der Waals surface area contributed by atoms with Crippen LogP contribution in [0.3, 0.4) is 0 Å². The fourth-order valence-corrected chi connectivity index (χ4v) is 6.36. The largest absolute Gasteiger partial charge is 0.417 e. The van der Waals surface area contributed by atoms with Crippen LogP contribution in [0.2, 0.25) is 0 Å². The maximum absolute atomic E-state index is 13.6. The van der Waals surface area contributed by atoms with Gasteiger partial charge in [0, 0.05) is 31.0 Å². The van der Waals surface area contributed by atoms with Gasteiger partial charge in [0.15, 0.2) is 5.82 Å². The molecule has 208 valence electrons. The molecule has 0 radical (unpaired) electrons. The molecule has 2 bridgehead atoms. The van der Waals surface area contributed by atoms with Gasteiger partial charge < -0.3 is 9.88 Å². The summed E-state index contributed by atoms with van der Waals surface area (Å²) in [7, 11) is 1.69. The minimum Gasteiger partial charge on any atom is -0.352 e. The van der Waals surface area contributed by atoms with Crippen molar-refractivity contribution in [2.75, 3.05) is 0 Å². The Labute approximate surface area is 221 Å². The number of halogens is 6. The number of nitrogens with zero attached hydrogens (tertiary/aromatic N) is 3. The molecule has 3 aromatic rings. The molecular formula is C28H28F6N4O. The molecule has 3 saturated carbocycles. The molecule has 0 spiro atoms. The van der Waals surface area contributed by atoms with Crippen molar-refractivity contribution in [2.45, 2.75) is 69.3 Å². The summed E-state index contributed by atoms with van der Waals surface area (Å²) >= 11 is 0. The number of amides is 1. The van der Waals surface area contributed by atoms with Crippen molar-refractivity contribution in [3.05, 3.63) is 71.0 Å². The molecule has 0 aliphatic heterocycles. The normalized spacial score (nSPS) is 23.2. The van der Waals surface area contributed by atoms with Crippen molar-refractivity contribution in [2.24, 2.45) is 12.5 Å². The smallest absolute Gasteiger partial charge is 0.352 e. The zero-order chi connectivity index (χ0) is 28.1. The molecule has 3 aliphatic rings. The Balaban J connectivity index is 1.27. The first-order valence-electron chi connectivity index (χ1n) is 12.8. The lowest BCUT2D eigenvalue weighted by Gasteiger charge is -2.52. The number of aromatic nitrogens is 3. The summed E-state index contributed by atoms with van der Waals surface area (Å²) in [6.07, 6.45) is -4.49. The van der Waals surface area contributed by atoms with E-state index in [0.717, 1.165) is 31.4 Å². The van der Waals surface area contributed by atoms with E-state index in [9.17, 15) is 31.1 Å². The molecular weight excluding hydrogens is 522 g/mol. The van der Waals surface area contributed by atoms with Crippen LogP contribution in [0.25, 0.3) is 11.4 Å². The summed E-state index contributed by atoms with van der Waals surface area (Å²) in [6.45, 7) is -0.199. The summed E-state index contributed by atoms with van der Waals surface area (Å²) in [5.74, 6) is 0.523. The van der Waals surface area contributed by atoms with E-state index in [-0.39, 0.29) is 46.7 Å². The molecule has 11 heteroatoms. The van der Waals surface area contributed by atoms with E-state index in [1.54, 1.807) is 17.7 Å². The predicted octanol–water partition coefficient (Wildman–Crippen LogP) is 6.82. The summed E-state index contributed by atoms with van der Waals surface area (Å²) in [5.41, 5.74) is -2.11. The number of carbonyl (C=O) groups excluding carboxylic acids is 1. The van der Waals surface area contributed by atoms with Gasteiger partial charge in [0.1, 0.15) is 5.82 Å². The van der Waals surface area contributed by atoms with Gasteiger partial charge in [-0.15, -0.1) is 10.2 Å². The van der Waals surface area contributed by atoms with E-state index in [4.69, 9.17) is 0 Å². The second-order valence-corrected chi connectivity index (χ2v) is 10.8. The average Bonchev–Trinajstić information content (AvgIpc) is 3.29. The van der Waals surface area contributed by atoms with Gasteiger partial charge in [0.25, 0.3) is 0 Å². The van der Waals surface area contributed by atoms with Crippen LogP contribution >= 0.6 is 0 Å². The van der Waals surface area contributed by atoms with Crippen LogP contribution in [0.15, 0.2) is 48.5 Å². The van der Waals surface area contributed by atoms with Gasteiger partial charge in [-0.05, 0) is 61.6 Å². The van der Waals surface area contributed by atoms with Gasteiger partial charge in [-0.1, -0.05) is 36.4 Å². The highest BCUT2D eigenvalue weighted by atomic mass is 19.4. The lowest BCUT2D eigenvalue weighted by Crippen LogP contribution is -2.47. The summed E-state index contributed by atoms with van der Waals surface area (Å²) in [6, 6.07) is 10.5. The number of alkyl halides is 6. The van der Waals surface area contributed by atoms with Gasteiger partial charge in [-0.25, -0.2) is 0 Å². The van der Waals surface area contributed by atoms with Gasteiger partial charge >= 0.3 is 12.4 Å². The second kappa shape index (κ2) is 9.67. The fourth-order valence-electron chi connectivity index (χ4n) is 6.36. The lowest BCUT2D eigenvalue weighted by molar-refractivity contribution is -0.139. The first-order valence-corrected chi connectivity index (χ1v) is 12.8. The third-order valence-corrected chi connectivity index (χ3v) is 8.56. The zero-order valence-corrected chi connectivity index (χ0v) is 21.3. The topological polar surface area (TPSA) is 59.8 Å². The maximum atomic E-state index is 13.6. The Morgan fingerprint density at radius 3 is 2.03 bits per heavy atom. The van der Waals surface area contributed by atoms with Crippen molar-refractivity contribution >= 4 is 5.91 Å². The third kappa shape index (κ3) is 5.15. The molecule has 6 rings (SSSR count). The van der Waals surface area contributed by atoms with E-state index >= 15 is 0 Å². The number of rotatable bonds is 6. The molecule has 1 amide bonds. The highest BCUT2D eigenvalue weighted by molar-refractivity contribution is 5.76. The van der Waals surface area contributed by atoms with E-state index in [0.29, 0.717) is 25.1 Å². The van der Waals surface area contributed by atoms with Crippen molar-refractivity contribution in [1.29, 1.82) is 0 Å². The number of fused-ring (bicyclic) bond motifs is 3. The molecule has 1 N–H and O–H groups in total. The summed E-state index contributed by atoms with van der Waals surface area (Å²) in [5, 5.41) is 11.2. The molecule has 0 atom stereocenters. The molecule has 3 fully saturated rings. The molecule has 0 unspecified atom stereocenters. The number of carbonyl (C=O) groups is 1. The van der Waals surface area contributed by atoms with Crippen molar-refractivity contribution in [3.63, 3.8) is 0 Å². The SMILES string of the molecule is Cn1c(-c2ccccc2C(F)(F)F)nnc1C12CCC(CC(=O)NCc3ccccc3C(F)(F)F)(CC1)CC2. The van der Waals surface area contributed by atoms with Gasteiger partial charge in [0.05, 0.1) is 11.1 Å². The molecule has 0 saturated heterocycles. The minimum absolute atomic E-state index is 0.0207. The molecule has 1 heterocycles. The maximum Gasteiger partial charge on any atom is 0.417 e. The van der Waals surface area contributed by atoms with Crippen LogP contribution in [0, 0.1) is 5.41 Å². The number of hydrogen-bond acceptors (Lipinski definition) is 3. The quantitative estimate of drug-likeness (QED) is 0.343. The molecule has 39 heavy (non-hydrogen) atoms. The Kier molecular flexibility index (Phi) is 6.75. The molecule has 5 nitrogen and oxygen atoms in total. The molecule has 2 aromatic carbocycles. The van der Waals surface area contributed by atoms with Gasteiger partial charge in [-0.2, -0.15) is 26.3 Å². The first-order chi connectivity index (χ1) is 18.3. The Morgan fingerprint density at radius 1 is 0.846 bits per heavy atom. The standard InChI is InChI=1S/C28H28F6N4O/c1-38-23(19-7-3-5-9-21(19)28(32,33)34)36-37-24(38)26-13-10-25(11-14-26,12-15-26)16-22(39)35-17-18-6-2-4-8-20(18)27(29,30)31/h2-9H,10-17H2,1H3,(H,35,39). The van der Waals surface area contributed by atoms with E-state index < -0.39 is 23.5 Å². The van der Waals surface area contributed by atoms with Gasteiger partial charge in [-0.3, -0.25) is 4.79 Å². The van der Waals surface area contributed by atoms with Crippen LogP contribution in [0.4, 0.5) is 26.3 Å². The van der Waals surface area contributed by atoms with Crippen LogP contribution in [-0.2, 0) is 36.2 Å². The van der Waals surface area contributed by atoms with Crippen LogP contribution in [-0.4, -0.2) is 20.7 Å². The Bertz CT molecular complexity index is 1350. The first kappa shape index (κ1) is 27.2.